The summed E-state index contributed by atoms with van der Waals surface area (Å²) in [6, 6.07) is 0. The smallest absolute Gasteiger partial charge is 0.239 e. The van der Waals surface area contributed by atoms with Crippen molar-refractivity contribution in [1.29, 1.82) is 0 Å². The Morgan fingerprint density at radius 3 is 2.70 bits per heavy atom. The Labute approximate surface area is 121 Å². The molecule has 0 aliphatic rings. The number of aromatic nitrogens is 2. The fourth-order valence-corrected chi connectivity index (χ4v) is 2.23. The summed E-state index contributed by atoms with van der Waals surface area (Å²) in [5, 5.41) is 10.7. The molecular formula is C14H27N5O. The molecule has 1 heterocycles. The number of hydrogen-bond donors (Lipinski definition) is 2. The molecule has 0 saturated heterocycles. The van der Waals surface area contributed by atoms with Gasteiger partial charge in [-0.1, -0.05) is 13.8 Å². The molecule has 2 N–H and O–H groups in total. The third-order valence-electron chi connectivity index (χ3n) is 3.18. The second kappa shape index (κ2) is 7.89. The molecule has 0 spiro atoms. The van der Waals surface area contributed by atoms with Crippen LogP contribution in [0.4, 0.5) is 5.82 Å². The van der Waals surface area contributed by atoms with Crippen molar-refractivity contribution in [2.75, 3.05) is 31.6 Å². The lowest BCUT2D eigenvalue weighted by atomic mass is 10.2. The summed E-state index contributed by atoms with van der Waals surface area (Å²) in [7, 11) is 3.84. The highest BCUT2D eigenvalue weighted by Gasteiger charge is 2.18. The van der Waals surface area contributed by atoms with Gasteiger partial charge in [-0.05, 0) is 19.9 Å². The van der Waals surface area contributed by atoms with E-state index in [9.17, 15) is 4.79 Å². The van der Waals surface area contributed by atoms with Crippen LogP contribution in [0.2, 0.25) is 0 Å². The molecule has 0 atom stereocenters. The number of rotatable bonds is 8. The van der Waals surface area contributed by atoms with Crippen LogP contribution < -0.4 is 15.5 Å². The van der Waals surface area contributed by atoms with E-state index >= 15 is 0 Å². The van der Waals surface area contributed by atoms with Crippen molar-refractivity contribution in [2.45, 2.75) is 33.7 Å². The molecular weight excluding hydrogens is 254 g/mol. The number of carbonyl (C=O) groups is 1. The highest BCUT2D eigenvalue weighted by atomic mass is 16.2. The molecule has 1 amide bonds. The standard InChI is InChI=1S/C14H27N5O/c1-6-8-16-13(20)10-18(4)14-12(9-15-7-2)11(3)17-19(14)5/h15H,6-10H2,1-5H3,(H,16,20). The summed E-state index contributed by atoms with van der Waals surface area (Å²) < 4.78 is 1.84. The van der Waals surface area contributed by atoms with Crippen LogP contribution in [0.1, 0.15) is 31.5 Å². The predicted molar refractivity (Wildman–Crippen MR) is 81.9 cm³/mol. The molecule has 0 aromatic carbocycles. The number of nitrogens with one attached hydrogen (secondary N) is 2. The number of amides is 1. The van der Waals surface area contributed by atoms with E-state index < -0.39 is 0 Å². The summed E-state index contributed by atoms with van der Waals surface area (Å²) >= 11 is 0. The molecule has 0 fully saturated rings. The number of likely N-dealkylation sites (N-methyl/N-ethyl adjacent to an activating group) is 1. The van der Waals surface area contributed by atoms with Gasteiger partial charge in [0.15, 0.2) is 0 Å². The van der Waals surface area contributed by atoms with Crippen molar-refractivity contribution >= 4 is 11.7 Å². The molecule has 1 rings (SSSR count). The normalized spacial score (nSPS) is 10.7. The number of aryl methyl sites for hydroxylation is 2. The molecule has 6 heteroatoms. The van der Waals surface area contributed by atoms with Crippen molar-refractivity contribution in [3.05, 3.63) is 11.3 Å². The quantitative estimate of drug-likeness (QED) is 0.740. The third kappa shape index (κ3) is 4.23. The molecule has 0 bridgehead atoms. The Morgan fingerprint density at radius 2 is 2.10 bits per heavy atom. The molecule has 0 aliphatic heterocycles. The van der Waals surface area contributed by atoms with Crippen LogP contribution in [0.5, 0.6) is 0 Å². The Bertz CT molecular complexity index is 441. The first kappa shape index (κ1) is 16.5. The van der Waals surface area contributed by atoms with Crippen LogP contribution >= 0.6 is 0 Å². The minimum atomic E-state index is 0.0441. The van der Waals surface area contributed by atoms with Gasteiger partial charge >= 0.3 is 0 Å². The van der Waals surface area contributed by atoms with Crippen molar-refractivity contribution < 1.29 is 4.79 Å². The first-order chi connectivity index (χ1) is 9.51. The minimum absolute atomic E-state index is 0.0441. The summed E-state index contributed by atoms with van der Waals surface area (Å²) in [5.74, 6) is 1.04. The van der Waals surface area contributed by atoms with E-state index in [4.69, 9.17) is 0 Å². The fraction of sp³-hybridized carbons (Fsp3) is 0.714. The van der Waals surface area contributed by atoms with Crippen molar-refractivity contribution in [2.24, 2.45) is 7.05 Å². The summed E-state index contributed by atoms with van der Waals surface area (Å²) in [6.45, 7) is 8.87. The second-order valence-electron chi connectivity index (χ2n) is 5.00. The maximum atomic E-state index is 11.8. The Balaban J connectivity index is 2.80. The molecule has 0 saturated carbocycles. The average molecular weight is 281 g/mol. The number of nitrogens with zero attached hydrogens (tertiary/aromatic N) is 3. The molecule has 0 unspecified atom stereocenters. The van der Waals surface area contributed by atoms with Gasteiger partial charge in [0.2, 0.25) is 5.91 Å². The molecule has 1 aromatic heterocycles. The molecule has 20 heavy (non-hydrogen) atoms. The highest BCUT2D eigenvalue weighted by Crippen LogP contribution is 2.21. The first-order valence-electron chi connectivity index (χ1n) is 7.22. The molecule has 114 valence electrons. The zero-order valence-electron chi connectivity index (χ0n) is 13.3. The maximum absolute atomic E-state index is 11.8. The van der Waals surface area contributed by atoms with Gasteiger partial charge in [-0.25, -0.2) is 0 Å². The predicted octanol–water partition coefficient (Wildman–Crippen LogP) is 0.800. The molecule has 0 aliphatic carbocycles. The van der Waals surface area contributed by atoms with E-state index in [2.05, 4.69) is 22.7 Å². The van der Waals surface area contributed by atoms with E-state index in [-0.39, 0.29) is 5.91 Å². The van der Waals surface area contributed by atoms with Gasteiger partial charge in [0, 0.05) is 32.7 Å². The zero-order chi connectivity index (χ0) is 15.1. The van der Waals surface area contributed by atoms with E-state index in [0.717, 1.165) is 43.1 Å². The summed E-state index contributed by atoms with van der Waals surface area (Å²) in [4.78, 5) is 13.8. The van der Waals surface area contributed by atoms with Crippen LogP contribution in [0.25, 0.3) is 0 Å². The van der Waals surface area contributed by atoms with Crippen molar-refractivity contribution in [3.8, 4) is 0 Å². The topological polar surface area (TPSA) is 62.2 Å². The van der Waals surface area contributed by atoms with Gasteiger partial charge in [-0.2, -0.15) is 5.10 Å². The van der Waals surface area contributed by atoms with Gasteiger partial charge in [-0.15, -0.1) is 0 Å². The van der Waals surface area contributed by atoms with Gasteiger partial charge in [0.25, 0.3) is 0 Å². The Kier molecular flexibility index (Phi) is 6.51. The maximum Gasteiger partial charge on any atom is 0.239 e. The number of carbonyl (C=O) groups excluding carboxylic acids is 1. The fourth-order valence-electron chi connectivity index (χ4n) is 2.23. The van der Waals surface area contributed by atoms with Gasteiger partial charge in [-0.3, -0.25) is 9.48 Å². The second-order valence-corrected chi connectivity index (χ2v) is 5.00. The van der Waals surface area contributed by atoms with Crippen molar-refractivity contribution in [1.82, 2.24) is 20.4 Å². The van der Waals surface area contributed by atoms with E-state index in [0.29, 0.717) is 6.54 Å². The largest absolute Gasteiger partial charge is 0.355 e. The zero-order valence-corrected chi connectivity index (χ0v) is 13.3. The number of anilines is 1. The molecule has 6 nitrogen and oxygen atoms in total. The van der Waals surface area contributed by atoms with Crippen LogP contribution in [0.3, 0.4) is 0 Å². The Hall–Kier alpha value is -1.56. The van der Waals surface area contributed by atoms with E-state index in [1.165, 1.54) is 0 Å². The van der Waals surface area contributed by atoms with Gasteiger partial charge in [0.1, 0.15) is 5.82 Å². The first-order valence-corrected chi connectivity index (χ1v) is 7.22. The lowest BCUT2D eigenvalue weighted by Gasteiger charge is -2.20. The number of hydrogen-bond acceptors (Lipinski definition) is 4. The van der Waals surface area contributed by atoms with Gasteiger partial charge in [0.05, 0.1) is 12.2 Å². The van der Waals surface area contributed by atoms with Crippen molar-refractivity contribution in [3.63, 3.8) is 0 Å². The van der Waals surface area contributed by atoms with E-state index in [1.54, 1.807) is 0 Å². The lowest BCUT2D eigenvalue weighted by Crippen LogP contribution is -2.36. The molecule has 1 aromatic rings. The van der Waals surface area contributed by atoms with Crippen LogP contribution in [-0.2, 0) is 18.4 Å². The highest BCUT2D eigenvalue weighted by molar-refractivity contribution is 5.81. The Morgan fingerprint density at radius 1 is 1.40 bits per heavy atom. The SMILES string of the molecule is CCCNC(=O)CN(C)c1c(CNCC)c(C)nn1C. The minimum Gasteiger partial charge on any atom is -0.355 e. The third-order valence-corrected chi connectivity index (χ3v) is 3.18. The monoisotopic (exact) mass is 281 g/mol. The average Bonchev–Trinajstić information content (AvgIpc) is 2.68. The molecule has 0 radical (unpaired) electrons. The van der Waals surface area contributed by atoms with Crippen LogP contribution in [-0.4, -0.2) is 42.4 Å². The van der Waals surface area contributed by atoms with E-state index in [1.807, 2.05) is 37.5 Å². The lowest BCUT2D eigenvalue weighted by molar-refractivity contribution is -0.119. The van der Waals surface area contributed by atoms with Gasteiger partial charge < -0.3 is 15.5 Å². The summed E-state index contributed by atoms with van der Waals surface area (Å²) in [5.41, 5.74) is 2.16. The summed E-state index contributed by atoms with van der Waals surface area (Å²) in [6.07, 6.45) is 0.950. The van der Waals surface area contributed by atoms with Crippen LogP contribution in [0.15, 0.2) is 0 Å². The van der Waals surface area contributed by atoms with Crippen LogP contribution in [0, 0.1) is 6.92 Å².